The zero-order chi connectivity index (χ0) is 28.8. The van der Waals surface area contributed by atoms with Crippen molar-refractivity contribution in [1.29, 1.82) is 0 Å². The van der Waals surface area contributed by atoms with E-state index in [9.17, 15) is 13.6 Å². The third kappa shape index (κ3) is 8.18. The number of rotatable bonds is 12. The van der Waals surface area contributed by atoms with Gasteiger partial charge < -0.3 is 14.2 Å². The van der Waals surface area contributed by atoms with Crippen LogP contribution in [-0.2, 0) is 16.0 Å². The van der Waals surface area contributed by atoms with Gasteiger partial charge in [0.1, 0.15) is 5.76 Å². The van der Waals surface area contributed by atoms with Gasteiger partial charge in [0.15, 0.2) is 11.5 Å². The van der Waals surface area contributed by atoms with Crippen LogP contribution in [0.25, 0.3) is 11.8 Å². The molecule has 0 aliphatic heterocycles. The molecule has 1 unspecified atom stereocenters. The molecule has 1 heterocycles. The maximum absolute atomic E-state index is 13.4. The van der Waals surface area contributed by atoms with E-state index in [4.69, 9.17) is 32.7 Å². The Kier molecular flexibility index (Phi) is 10.0. The van der Waals surface area contributed by atoms with Gasteiger partial charge in [-0.25, -0.2) is 0 Å². The molecule has 1 saturated carbocycles. The summed E-state index contributed by atoms with van der Waals surface area (Å²) < 4.78 is 42.5. The standard InChI is InChI=1S/C31H31Cl2F2NO4/c1-18(2)12-20-6-8-22(9-7-20)19(3)30(37)39-28(14-24-25(32)15-36-16-26(24)33)23-10-11-27(40-31(34)35)29(13-23)38-17-21-4-5-21/h6-11,13-16,18-19,21,31H,4-5,12,17H2,1-3H3. The van der Waals surface area contributed by atoms with Gasteiger partial charge in [-0.15, -0.1) is 0 Å². The minimum atomic E-state index is -3.02. The van der Waals surface area contributed by atoms with E-state index in [1.807, 2.05) is 24.3 Å². The number of alkyl halides is 2. The number of esters is 1. The summed E-state index contributed by atoms with van der Waals surface area (Å²) in [4.78, 5) is 17.3. The molecule has 0 amide bonds. The van der Waals surface area contributed by atoms with Crippen LogP contribution < -0.4 is 9.47 Å². The summed E-state index contributed by atoms with van der Waals surface area (Å²) in [7, 11) is 0. The SMILES string of the molecule is CC(C)Cc1ccc(C(C)C(=O)OC(=Cc2c(Cl)cncc2Cl)c2ccc(OC(F)F)c(OCC3CC3)c2)cc1. The van der Waals surface area contributed by atoms with E-state index < -0.39 is 18.5 Å². The summed E-state index contributed by atoms with van der Waals surface area (Å²) in [5.41, 5.74) is 2.77. The third-order valence-corrected chi connectivity index (χ3v) is 7.07. The minimum absolute atomic E-state index is 0.111. The van der Waals surface area contributed by atoms with Crippen molar-refractivity contribution < 1.29 is 27.8 Å². The lowest BCUT2D eigenvalue weighted by Crippen LogP contribution is -2.13. The largest absolute Gasteiger partial charge is 0.489 e. The second-order valence-corrected chi connectivity index (χ2v) is 11.1. The first kappa shape index (κ1) is 29.8. The van der Waals surface area contributed by atoms with Crippen LogP contribution in [-0.4, -0.2) is 24.2 Å². The van der Waals surface area contributed by atoms with Crippen molar-refractivity contribution >= 4 is 41.0 Å². The van der Waals surface area contributed by atoms with Crippen molar-refractivity contribution in [1.82, 2.24) is 4.98 Å². The Labute approximate surface area is 243 Å². The average molecular weight is 590 g/mol. The molecule has 0 N–H and O–H groups in total. The lowest BCUT2D eigenvalue weighted by atomic mass is 9.97. The predicted molar refractivity (Wildman–Crippen MR) is 153 cm³/mol. The topological polar surface area (TPSA) is 57.7 Å². The van der Waals surface area contributed by atoms with Crippen molar-refractivity contribution in [2.75, 3.05) is 6.61 Å². The highest BCUT2D eigenvalue weighted by Crippen LogP contribution is 2.37. The maximum Gasteiger partial charge on any atom is 0.387 e. The summed E-state index contributed by atoms with van der Waals surface area (Å²) in [6.07, 6.45) is 7.34. The molecule has 0 spiro atoms. The molecule has 3 aromatic rings. The molecule has 1 aliphatic rings. The molecule has 40 heavy (non-hydrogen) atoms. The van der Waals surface area contributed by atoms with E-state index >= 15 is 0 Å². The second-order valence-electron chi connectivity index (χ2n) is 10.3. The van der Waals surface area contributed by atoms with Gasteiger partial charge in [-0.2, -0.15) is 8.78 Å². The zero-order valence-corrected chi connectivity index (χ0v) is 24.0. The Balaban J connectivity index is 1.67. The van der Waals surface area contributed by atoms with Crippen LogP contribution in [0.15, 0.2) is 54.9 Å². The van der Waals surface area contributed by atoms with Crippen molar-refractivity contribution in [2.24, 2.45) is 11.8 Å². The van der Waals surface area contributed by atoms with Crippen LogP contribution in [0, 0.1) is 11.8 Å². The lowest BCUT2D eigenvalue weighted by Gasteiger charge is -2.17. The number of nitrogens with zero attached hydrogens (tertiary/aromatic N) is 1. The molecule has 0 bridgehead atoms. The Hall–Kier alpha value is -3.16. The minimum Gasteiger partial charge on any atom is -0.489 e. The van der Waals surface area contributed by atoms with Crippen LogP contribution in [0.5, 0.6) is 11.5 Å². The lowest BCUT2D eigenvalue weighted by molar-refractivity contribution is -0.137. The van der Waals surface area contributed by atoms with Gasteiger partial charge in [-0.3, -0.25) is 9.78 Å². The summed E-state index contributed by atoms with van der Waals surface area (Å²) in [5, 5.41) is 0.496. The highest BCUT2D eigenvalue weighted by atomic mass is 35.5. The molecule has 1 atom stereocenters. The first-order chi connectivity index (χ1) is 19.1. The quantitative estimate of drug-likeness (QED) is 0.156. The smallest absolute Gasteiger partial charge is 0.387 e. The van der Waals surface area contributed by atoms with Gasteiger partial charge in [0.25, 0.3) is 0 Å². The molecule has 4 rings (SSSR count). The fraction of sp³-hybridized carbons (Fsp3) is 0.355. The number of ether oxygens (including phenoxy) is 3. The van der Waals surface area contributed by atoms with E-state index in [1.165, 1.54) is 42.2 Å². The normalized spacial score (nSPS) is 14.4. The van der Waals surface area contributed by atoms with Crippen molar-refractivity contribution in [3.05, 3.63) is 87.2 Å². The number of carbonyl (C=O) groups excluding carboxylic acids is 1. The zero-order valence-electron chi connectivity index (χ0n) is 22.5. The Bertz CT molecular complexity index is 1340. The van der Waals surface area contributed by atoms with Crippen LogP contribution in [0.4, 0.5) is 8.78 Å². The van der Waals surface area contributed by atoms with E-state index in [-0.39, 0.29) is 27.3 Å². The Morgan fingerprint density at radius 1 is 1.02 bits per heavy atom. The van der Waals surface area contributed by atoms with E-state index in [0.717, 1.165) is 24.8 Å². The molecule has 0 saturated heterocycles. The van der Waals surface area contributed by atoms with Gasteiger partial charge in [0.05, 0.1) is 22.6 Å². The molecular formula is C31H31Cl2F2NO4. The summed E-state index contributed by atoms with van der Waals surface area (Å²) in [6.45, 7) is 3.40. The number of aromatic nitrogens is 1. The molecule has 2 aromatic carbocycles. The van der Waals surface area contributed by atoms with E-state index in [1.54, 1.807) is 6.92 Å². The second kappa shape index (κ2) is 13.5. The van der Waals surface area contributed by atoms with E-state index in [0.29, 0.717) is 29.6 Å². The van der Waals surface area contributed by atoms with E-state index in [2.05, 4.69) is 23.6 Å². The van der Waals surface area contributed by atoms with Gasteiger partial charge in [-0.05, 0) is 73.4 Å². The first-order valence-corrected chi connectivity index (χ1v) is 13.9. The van der Waals surface area contributed by atoms with Crippen molar-refractivity contribution in [2.45, 2.75) is 52.6 Å². The van der Waals surface area contributed by atoms with Crippen molar-refractivity contribution in [3.63, 3.8) is 0 Å². The van der Waals surface area contributed by atoms with Crippen LogP contribution in [0.1, 0.15) is 61.8 Å². The average Bonchev–Trinajstić information content (AvgIpc) is 3.73. The van der Waals surface area contributed by atoms with Gasteiger partial charge in [-0.1, -0.05) is 61.3 Å². The van der Waals surface area contributed by atoms with Crippen LogP contribution in [0.3, 0.4) is 0 Å². The molecule has 9 heteroatoms. The van der Waals surface area contributed by atoms with Crippen molar-refractivity contribution in [3.8, 4) is 11.5 Å². The highest BCUT2D eigenvalue weighted by Gasteiger charge is 2.25. The van der Waals surface area contributed by atoms with Gasteiger partial charge in [0.2, 0.25) is 0 Å². The first-order valence-electron chi connectivity index (χ1n) is 13.1. The number of hydrogen-bond acceptors (Lipinski definition) is 5. The fourth-order valence-electron chi connectivity index (χ4n) is 4.07. The molecule has 212 valence electrons. The Morgan fingerprint density at radius 2 is 1.70 bits per heavy atom. The van der Waals surface area contributed by atoms with Crippen LogP contribution >= 0.6 is 23.2 Å². The maximum atomic E-state index is 13.4. The molecule has 1 aliphatic carbocycles. The molecule has 0 radical (unpaired) electrons. The summed E-state index contributed by atoms with van der Waals surface area (Å²) in [5.74, 6) is -0.0960. The highest BCUT2D eigenvalue weighted by molar-refractivity contribution is 6.37. The third-order valence-electron chi connectivity index (χ3n) is 6.47. The van der Waals surface area contributed by atoms with Crippen LogP contribution in [0.2, 0.25) is 10.0 Å². The number of carbonyl (C=O) groups is 1. The monoisotopic (exact) mass is 589 g/mol. The number of halogens is 4. The number of benzene rings is 2. The molecule has 1 fully saturated rings. The summed E-state index contributed by atoms with van der Waals surface area (Å²) in [6, 6.07) is 12.2. The fourth-order valence-corrected chi connectivity index (χ4v) is 4.54. The predicted octanol–water partition coefficient (Wildman–Crippen LogP) is 8.82. The van der Waals surface area contributed by atoms with Gasteiger partial charge in [0, 0.05) is 23.5 Å². The molecule has 5 nitrogen and oxygen atoms in total. The molecular weight excluding hydrogens is 559 g/mol. The summed E-state index contributed by atoms with van der Waals surface area (Å²) >= 11 is 12.7. The van der Waals surface area contributed by atoms with Gasteiger partial charge >= 0.3 is 12.6 Å². The molecule has 1 aromatic heterocycles. The number of hydrogen-bond donors (Lipinski definition) is 0. The number of pyridine rings is 1. The Morgan fingerprint density at radius 3 is 2.30 bits per heavy atom.